The van der Waals surface area contributed by atoms with Gasteiger partial charge in [-0.1, -0.05) is 194 Å². The molecule has 0 aliphatic rings. The minimum Gasteiger partial charge on any atom is -0.466 e. The van der Waals surface area contributed by atoms with Gasteiger partial charge in [0.2, 0.25) is 0 Å². The molecule has 0 amide bonds. The molecule has 3 N–H and O–H groups in total. The van der Waals surface area contributed by atoms with E-state index in [0.717, 1.165) is 25.7 Å². The molecule has 0 aliphatic carbocycles. The van der Waals surface area contributed by atoms with Gasteiger partial charge in [0.15, 0.2) is 0 Å². The minimum atomic E-state index is -0.710. The van der Waals surface area contributed by atoms with E-state index in [0.29, 0.717) is 32.1 Å². The monoisotopic (exact) mass is 696 g/mol. The lowest BCUT2D eigenvalue weighted by molar-refractivity contribution is -0.144. The first-order chi connectivity index (χ1) is 24.0. The predicted octanol–water partition coefficient (Wildman–Crippen LogP) is 12.5. The molecule has 0 unspecified atom stereocenters. The fourth-order valence-electron chi connectivity index (χ4n) is 6.76. The Morgan fingerprint density at radius 2 is 0.673 bits per heavy atom. The van der Waals surface area contributed by atoms with Gasteiger partial charge in [0.25, 0.3) is 0 Å². The first kappa shape index (κ1) is 47.9. The van der Waals surface area contributed by atoms with E-state index < -0.39 is 5.54 Å². The summed E-state index contributed by atoms with van der Waals surface area (Å²) in [7, 11) is 0. The average molecular weight is 696 g/mol. The summed E-state index contributed by atoms with van der Waals surface area (Å²) in [5, 5.41) is 9.53. The Morgan fingerprint density at radius 1 is 0.429 bits per heavy atom. The van der Waals surface area contributed by atoms with E-state index in [1.165, 1.54) is 167 Å². The van der Waals surface area contributed by atoms with E-state index in [9.17, 15) is 14.7 Å². The molecule has 0 atom stereocenters. The largest absolute Gasteiger partial charge is 0.466 e. The SMILES string of the molecule is CCCCCCCCCCCCCCCCCC(=O)OCCC(N)(CCO)CCOC(=O)CCCCCCCCCCCCCCCCC. The number of aliphatic hydroxyl groups excluding tert-OH is 1. The maximum absolute atomic E-state index is 12.2. The van der Waals surface area contributed by atoms with Gasteiger partial charge in [-0.05, 0) is 32.1 Å². The van der Waals surface area contributed by atoms with E-state index in [1.54, 1.807) is 0 Å². The first-order valence-corrected chi connectivity index (χ1v) is 21.7. The molecule has 292 valence electrons. The van der Waals surface area contributed by atoms with E-state index in [-0.39, 0.29) is 31.8 Å². The quantitative estimate of drug-likeness (QED) is 0.0489. The highest BCUT2D eigenvalue weighted by Crippen LogP contribution is 2.19. The molecule has 0 heterocycles. The maximum Gasteiger partial charge on any atom is 0.305 e. The van der Waals surface area contributed by atoms with Gasteiger partial charge in [-0.15, -0.1) is 0 Å². The van der Waals surface area contributed by atoms with Gasteiger partial charge in [-0.25, -0.2) is 0 Å². The molecule has 0 saturated heterocycles. The zero-order valence-electron chi connectivity index (χ0n) is 33.0. The molecule has 0 aromatic heterocycles. The van der Waals surface area contributed by atoms with Crippen molar-refractivity contribution in [3.63, 3.8) is 0 Å². The number of rotatable bonds is 40. The molecule has 0 rings (SSSR count). The summed E-state index contributed by atoms with van der Waals surface area (Å²) < 4.78 is 10.9. The molecule has 49 heavy (non-hydrogen) atoms. The molecule has 6 nitrogen and oxygen atoms in total. The van der Waals surface area contributed by atoms with Crippen molar-refractivity contribution in [2.24, 2.45) is 5.73 Å². The Hall–Kier alpha value is -1.14. The average Bonchev–Trinajstić information content (AvgIpc) is 3.08. The fourth-order valence-corrected chi connectivity index (χ4v) is 6.76. The normalized spacial score (nSPS) is 11.7. The third kappa shape index (κ3) is 36.5. The van der Waals surface area contributed by atoms with Gasteiger partial charge >= 0.3 is 11.9 Å². The molecular formula is C43H85NO5. The van der Waals surface area contributed by atoms with Gasteiger partial charge < -0.3 is 20.3 Å². The van der Waals surface area contributed by atoms with Crippen molar-refractivity contribution in [1.29, 1.82) is 0 Å². The molecule has 0 fully saturated rings. The second-order valence-electron chi connectivity index (χ2n) is 15.2. The number of ether oxygens (including phenoxy) is 2. The molecule has 0 spiro atoms. The van der Waals surface area contributed by atoms with Crippen molar-refractivity contribution in [2.75, 3.05) is 19.8 Å². The van der Waals surface area contributed by atoms with Crippen LogP contribution in [0.2, 0.25) is 0 Å². The Labute approximate surface area is 305 Å². The van der Waals surface area contributed by atoms with Crippen molar-refractivity contribution in [2.45, 2.75) is 244 Å². The second kappa shape index (κ2) is 38.1. The molecule has 0 radical (unpaired) electrons. The third-order valence-electron chi connectivity index (χ3n) is 10.3. The smallest absolute Gasteiger partial charge is 0.305 e. The van der Waals surface area contributed by atoms with Crippen LogP contribution in [0.3, 0.4) is 0 Å². The third-order valence-corrected chi connectivity index (χ3v) is 10.3. The standard InChI is InChI=1S/C43H85NO5/c1-3-5-7-9-11-13-15-17-19-21-23-25-27-29-31-33-41(46)48-39-36-43(44,35-38-45)37-40-49-42(47)34-32-30-28-26-24-22-20-18-16-14-12-10-8-6-4-2/h45H,3-40,44H2,1-2H3. The highest BCUT2D eigenvalue weighted by Gasteiger charge is 2.25. The minimum absolute atomic E-state index is 0.0450. The van der Waals surface area contributed by atoms with E-state index in [1.807, 2.05) is 0 Å². The lowest BCUT2D eigenvalue weighted by Crippen LogP contribution is -2.43. The lowest BCUT2D eigenvalue weighted by atomic mass is 9.90. The summed E-state index contributed by atoms with van der Waals surface area (Å²) in [5.41, 5.74) is 5.80. The Morgan fingerprint density at radius 3 is 0.918 bits per heavy atom. The molecule has 0 bridgehead atoms. The maximum atomic E-state index is 12.2. The van der Waals surface area contributed by atoms with Crippen molar-refractivity contribution < 1.29 is 24.2 Å². The van der Waals surface area contributed by atoms with Crippen LogP contribution in [0, 0.1) is 0 Å². The van der Waals surface area contributed by atoms with Gasteiger partial charge in [-0.2, -0.15) is 0 Å². The molecule has 0 aliphatic heterocycles. The Balaban J connectivity index is 3.68. The van der Waals surface area contributed by atoms with Crippen molar-refractivity contribution in [3.05, 3.63) is 0 Å². The number of nitrogens with two attached hydrogens (primary N) is 1. The topological polar surface area (TPSA) is 98.8 Å². The fraction of sp³-hybridized carbons (Fsp3) is 0.953. The second-order valence-corrected chi connectivity index (χ2v) is 15.2. The number of carbonyl (C=O) groups excluding carboxylic acids is 2. The van der Waals surface area contributed by atoms with Crippen LogP contribution >= 0.6 is 0 Å². The number of aliphatic hydroxyl groups is 1. The van der Waals surface area contributed by atoms with Crippen LogP contribution in [0.25, 0.3) is 0 Å². The Kier molecular flexibility index (Phi) is 37.2. The van der Waals surface area contributed by atoms with Crippen molar-refractivity contribution in [1.82, 2.24) is 0 Å². The summed E-state index contributed by atoms with van der Waals surface area (Å²) in [6.45, 7) is 4.97. The van der Waals surface area contributed by atoms with E-state index in [2.05, 4.69) is 13.8 Å². The van der Waals surface area contributed by atoms with Gasteiger partial charge in [-0.3, -0.25) is 9.59 Å². The van der Waals surface area contributed by atoms with Gasteiger partial charge in [0.1, 0.15) is 0 Å². The number of unbranched alkanes of at least 4 members (excludes halogenated alkanes) is 28. The summed E-state index contributed by atoms with van der Waals surface area (Å²) in [6, 6.07) is 0. The summed E-state index contributed by atoms with van der Waals surface area (Å²) in [5.74, 6) is -0.341. The van der Waals surface area contributed by atoms with Crippen LogP contribution in [0.1, 0.15) is 239 Å². The Bertz CT molecular complexity index is 648. The van der Waals surface area contributed by atoms with Gasteiger partial charge in [0, 0.05) is 25.0 Å². The number of carbonyl (C=O) groups is 2. The van der Waals surface area contributed by atoms with Crippen molar-refractivity contribution in [3.8, 4) is 0 Å². The summed E-state index contributed by atoms with van der Waals surface area (Å²) in [4.78, 5) is 24.4. The molecule has 6 heteroatoms. The molecular weight excluding hydrogens is 610 g/mol. The first-order valence-electron chi connectivity index (χ1n) is 21.7. The lowest BCUT2D eigenvalue weighted by Gasteiger charge is -2.28. The van der Waals surface area contributed by atoms with Crippen LogP contribution in [-0.2, 0) is 19.1 Å². The van der Waals surface area contributed by atoms with Crippen LogP contribution < -0.4 is 5.73 Å². The van der Waals surface area contributed by atoms with Crippen LogP contribution in [0.5, 0.6) is 0 Å². The number of hydrogen-bond acceptors (Lipinski definition) is 6. The molecule has 0 saturated carbocycles. The van der Waals surface area contributed by atoms with Crippen LogP contribution in [0.15, 0.2) is 0 Å². The molecule has 0 aromatic carbocycles. The van der Waals surface area contributed by atoms with Crippen LogP contribution in [0.4, 0.5) is 0 Å². The highest BCUT2D eigenvalue weighted by atomic mass is 16.5. The zero-order chi connectivity index (χ0) is 35.9. The molecule has 0 aromatic rings. The highest BCUT2D eigenvalue weighted by molar-refractivity contribution is 5.69. The van der Waals surface area contributed by atoms with E-state index in [4.69, 9.17) is 15.2 Å². The van der Waals surface area contributed by atoms with Gasteiger partial charge in [0.05, 0.1) is 13.2 Å². The summed E-state index contributed by atoms with van der Waals surface area (Å²) >= 11 is 0. The number of esters is 2. The number of hydrogen-bond donors (Lipinski definition) is 2. The van der Waals surface area contributed by atoms with E-state index >= 15 is 0 Å². The summed E-state index contributed by atoms with van der Waals surface area (Å²) in [6.07, 6.45) is 41.3. The van der Waals surface area contributed by atoms with Crippen LogP contribution in [-0.4, -0.2) is 42.4 Å². The zero-order valence-corrected chi connectivity index (χ0v) is 33.0. The predicted molar refractivity (Wildman–Crippen MR) is 209 cm³/mol. The van der Waals surface area contributed by atoms with Crippen molar-refractivity contribution >= 4 is 11.9 Å².